The van der Waals surface area contributed by atoms with Gasteiger partial charge in [-0.15, -0.1) is 0 Å². The SMILES string of the molecule is CCCCCc1cccc2[nH]c(-c3ccccc3)cc12. The van der Waals surface area contributed by atoms with Gasteiger partial charge in [-0.3, -0.25) is 0 Å². The van der Waals surface area contributed by atoms with Crippen molar-refractivity contribution in [2.75, 3.05) is 0 Å². The van der Waals surface area contributed by atoms with Gasteiger partial charge in [0.05, 0.1) is 0 Å². The number of H-pyrrole nitrogens is 1. The highest BCUT2D eigenvalue weighted by molar-refractivity contribution is 5.88. The maximum atomic E-state index is 3.54. The van der Waals surface area contributed by atoms with Crippen molar-refractivity contribution >= 4 is 10.9 Å². The lowest BCUT2D eigenvalue weighted by Gasteiger charge is -2.02. The summed E-state index contributed by atoms with van der Waals surface area (Å²) in [6.45, 7) is 2.25. The fourth-order valence-electron chi connectivity index (χ4n) is 2.77. The predicted molar refractivity (Wildman–Crippen MR) is 87.0 cm³/mol. The Labute approximate surface area is 120 Å². The molecule has 2 aromatic carbocycles. The van der Waals surface area contributed by atoms with E-state index in [9.17, 15) is 0 Å². The second kappa shape index (κ2) is 5.96. The highest BCUT2D eigenvalue weighted by Gasteiger charge is 2.06. The molecule has 0 atom stereocenters. The number of unbranched alkanes of at least 4 members (excludes halogenated alkanes) is 2. The van der Waals surface area contributed by atoms with Crippen molar-refractivity contribution in [2.45, 2.75) is 32.6 Å². The van der Waals surface area contributed by atoms with E-state index in [0.29, 0.717) is 0 Å². The van der Waals surface area contributed by atoms with E-state index in [1.54, 1.807) is 0 Å². The third kappa shape index (κ3) is 2.62. The third-order valence-electron chi connectivity index (χ3n) is 3.89. The molecule has 0 bridgehead atoms. The average molecular weight is 263 g/mol. The molecule has 20 heavy (non-hydrogen) atoms. The zero-order valence-electron chi connectivity index (χ0n) is 12.0. The van der Waals surface area contributed by atoms with Crippen LogP contribution in [0.15, 0.2) is 54.6 Å². The van der Waals surface area contributed by atoms with Crippen LogP contribution in [0.2, 0.25) is 0 Å². The van der Waals surface area contributed by atoms with E-state index in [2.05, 4.69) is 66.5 Å². The highest BCUT2D eigenvalue weighted by Crippen LogP contribution is 2.27. The largest absolute Gasteiger partial charge is 0.355 e. The lowest BCUT2D eigenvalue weighted by Crippen LogP contribution is -1.85. The van der Waals surface area contributed by atoms with E-state index in [1.165, 1.54) is 53.4 Å². The van der Waals surface area contributed by atoms with Crippen molar-refractivity contribution in [1.82, 2.24) is 4.98 Å². The predicted octanol–water partition coefficient (Wildman–Crippen LogP) is 5.57. The van der Waals surface area contributed by atoms with Gasteiger partial charge in [0, 0.05) is 16.6 Å². The second-order valence-electron chi connectivity index (χ2n) is 5.38. The summed E-state index contributed by atoms with van der Waals surface area (Å²) < 4.78 is 0. The number of nitrogens with one attached hydrogen (secondary N) is 1. The van der Waals surface area contributed by atoms with Gasteiger partial charge in [-0.1, -0.05) is 62.2 Å². The number of aromatic nitrogens is 1. The highest BCUT2D eigenvalue weighted by atomic mass is 14.7. The van der Waals surface area contributed by atoms with Gasteiger partial charge in [0.15, 0.2) is 0 Å². The number of aryl methyl sites for hydroxylation is 1. The van der Waals surface area contributed by atoms with E-state index in [1.807, 2.05) is 0 Å². The molecule has 0 spiro atoms. The van der Waals surface area contributed by atoms with E-state index in [-0.39, 0.29) is 0 Å². The van der Waals surface area contributed by atoms with Gasteiger partial charge in [0.25, 0.3) is 0 Å². The molecule has 0 unspecified atom stereocenters. The number of aromatic amines is 1. The molecule has 1 nitrogen and oxygen atoms in total. The first kappa shape index (κ1) is 13.0. The standard InChI is InChI=1S/C19H21N/c1-2-3-5-9-15-12-8-13-18-17(15)14-19(20-18)16-10-6-4-7-11-16/h4,6-8,10-14,20H,2-3,5,9H2,1H3. The molecule has 102 valence electrons. The maximum Gasteiger partial charge on any atom is 0.0464 e. The molecular formula is C19H21N. The van der Waals surface area contributed by atoms with Crippen molar-refractivity contribution in [2.24, 2.45) is 0 Å². The summed E-state index contributed by atoms with van der Waals surface area (Å²) in [6.07, 6.45) is 5.05. The Balaban J connectivity index is 1.96. The van der Waals surface area contributed by atoms with Crippen molar-refractivity contribution in [3.63, 3.8) is 0 Å². The number of rotatable bonds is 5. The topological polar surface area (TPSA) is 15.8 Å². The lowest BCUT2D eigenvalue weighted by molar-refractivity contribution is 0.720. The molecule has 0 aliphatic heterocycles. The van der Waals surface area contributed by atoms with Crippen LogP contribution in [0.4, 0.5) is 0 Å². The molecule has 1 heteroatoms. The third-order valence-corrected chi connectivity index (χ3v) is 3.89. The van der Waals surface area contributed by atoms with Crippen LogP contribution in [-0.4, -0.2) is 4.98 Å². The molecule has 0 amide bonds. The van der Waals surface area contributed by atoms with Crippen LogP contribution in [0, 0.1) is 0 Å². The number of benzene rings is 2. The van der Waals surface area contributed by atoms with E-state index in [4.69, 9.17) is 0 Å². The van der Waals surface area contributed by atoms with E-state index < -0.39 is 0 Å². The minimum atomic E-state index is 1.18. The molecule has 3 rings (SSSR count). The van der Waals surface area contributed by atoms with Gasteiger partial charge >= 0.3 is 0 Å². The zero-order chi connectivity index (χ0) is 13.8. The Morgan fingerprint density at radius 1 is 0.900 bits per heavy atom. The van der Waals surface area contributed by atoms with Gasteiger partial charge < -0.3 is 4.98 Å². The van der Waals surface area contributed by atoms with Crippen LogP contribution in [-0.2, 0) is 6.42 Å². The first-order valence-electron chi connectivity index (χ1n) is 7.54. The first-order chi connectivity index (χ1) is 9.88. The smallest absolute Gasteiger partial charge is 0.0464 e. The molecule has 1 N–H and O–H groups in total. The van der Waals surface area contributed by atoms with E-state index in [0.717, 1.165) is 0 Å². The van der Waals surface area contributed by atoms with Crippen LogP contribution < -0.4 is 0 Å². The summed E-state index contributed by atoms with van der Waals surface area (Å²) in [4.78, 5) is 3.54. The van der Waals surface area contributed by atoms with Crippen LogP contribution in [0.25, 0.3) is 22.2 Å². The Bertz CT molecular complexity index is 679. The fraction of sp³-hybridized carbons (Fsp3) is 0.263. The number of hydrogen-bond acceptors (Lipinski definition) is 0. The summed E-state index contributed by atoms with van der Waals surface area (Å²) in [5.41, 5.74) is 5.18. The second-order valence-corrected chi connectivity index (χ2v) is 5.38. The maximum absolute atomic E-state index is 3.54. The quantitative estimate of drug-likeness (QED) is 0.579. The number of hydrogen-bond donors (Lipinski definition) is 1. The summed E-state index contributed by atoms with van der Waals surface area (Å²) in [7, 11) is 0. The molecule has 1 aromatic heterocycles. The molecule has 3 aromatic rings. The zero-order valence-corrected chi connectivity index (χ0v) is 12.0. The Hall–Kier alpha value is -2.02. The normalized spacial score (nSPS) is 11.1. The molecule has 0 saturated carbocycles. The average Bonchev–Trinajstić information content (AvgIpc) is 2.93. The summed E-state index contributed by atoms with van der Waals surface area (Å²) in [5.74, 6) is 0. The van der Waals surface area contributed by atoms with Gasteiger partial charge in [-0.25, -0.2) is 0 Å². The van der Waals surface area contributed by atoms with Crippen molar-refractivity contribution in [3.05, 3.63) is 60.2 Å². The minimum Gasteiger partial charge on any atom is -0.355 e. The molecule has 0 aliphatic carbocycles. The summed E-state index contributed by atoms with van der Waals surface area (Å²) >= 11 is 0. The van der Waals surface area contributed by atoms with Crippen molar-refractivity contribution in [1.29, 1.82) is 0 Å². The van der Waals surface area contributed by atoms with Gasteiger partial charge in [0.1, 0.15) is 0 Å². The number of fused-ring (bicyclic) bond motifs is 1. The van der Waals surface area contributed by atoms with Gasteiger partial charge in [0.2, 0.25) is 0 Å². The van der Waals surface area contributed by atoms with Crippen LogP contribution in [0.3, 0.4) is 0 Å². The van der Waals surface area contributed by atoms with Gasteiger partial charge in [-0.2, -0.15) is 0 Å². The Kier molecular flexibility index (Phi) is 3.87. The fourth-order valence-corrected chi connectivity index (χ4v) is 2.77. The van der Waals surface area contributed by atoms with Crippen molar-refractivity contribution in [3.8, 4) is 11.3 Å². The lowest BCUT2D eigenvalue weighted by atomic mass is 10.0. The summed E-state index contributed by atoms with van der Waals surface area (Å²) in [6, 6.07) is 19.4. The van der Waals surface area contributed by atoms with Crippen LogP contribution >= 0.6 is 0 Å². The molecule has 0 radical (unpaired) electrons. The van der Waals surface area contributed by atoms with Crippen LogP contribution in [0.5, 0.6) is 0 Å². The Morgan fingerprint density at radius 2 is 1.75 bits per heavy atom. The van der Waals surface area contributed by atoms with Crippen molar-refractivity contribution < 1.29 is 0 Å². The minimum absolute atomic E-state index is 1.18. The molecule has 0 fully saturated rings. The van der Waals surface area contributed by atoms with Gasteiger partial charge in [-0.05, 0) is 36.1 Å². The Morgan fingerprint density at radius 3 is 2.55 bits per heavy atom. The molecule has 0 saturated heterocycles. The monoisotopic (exact) mass is 263 g/mol. The van der Waals surface area contributed by atoms with Crippen LogP contribution in [0.1, 0.15) is 31.7 Å². The summed E-state index contributed by atoms with van der Waals surface area (Å²) in [5, 5.41) is 1.38. The first-order valence-corrected chi connectivity index (χ1v) is 7.54. The molecule has 1 heterocycles. The van der Waals surface area contributed by atoms with E-state index >= 15 is 0 Å². The molecular weight excluding hydrogens is 242 g/mol. The molecule has 0 aliphatic rings.